The second kappa shape index (κ2) is 6.84. The molecule has 2 fully saturated rings. The molecule has 8 heteroatoms. The summed E-state index contributed by atoms with van der Waals surface area (Å²) in [5.74, 6) is 0.170. The Morgan fingerprint density at radius 1 is 1.08 bits per heavy atom. The average Bonchev–Trinajstić information content (AvgIpc) is 2.94. The molecule has 7 nitrogen and oxygen atoms in total. The van der Waals surface area contributed by atoms with E-state index >= 15 is 0 Å². The van der Waals surface area contributed by atoms with Crippen molar-refractivity contribution in [3.05, 3.63) is 11.4 Å². The number of aromatic nitrogens is 2. The predicted molar refractivity (Wildman–Crippen MR) is 90.0 cm³/mol. The van der Waals surface area contributed by atoms with Crippen molar-refractivity contribution >= 4 is 15.9 Å². The number of nitrogens with one attached hydrogen (secondary N) is 1. The summed E-state index contributed by atoms with van der Waals surface area (Å²) in [7, 11) is -3.54. The number of carbonyl (C=O) groups is 1. The number of hydrogen-bond acceptors (Lipinski definition) is 4. The van der Waals surface area contributed by atoms with Crippen molar-refractivity contribution < 1.29 is 13.2 Å². The fourth-order valence-electron chi connectivity index (χ4n) is 3.77. The third-order valence-corrected chi connectivity index (χ3v) is 7.29. The van der Waals surface area contributed by atoms with Crippen molar-refractivity contribution in [2.75, 3.05) is 26.2 Å². The van der Waals surface area contributed by atoms with Gasteiger partial charge in [0.25, 0.3) is 0 Å². The minimum atomic E-state index is -3.54. The molecular formula is C16H26N4O3S. The number of piperidine rings is 2. The Bertz CT molecular complexity index is 679. The smallest absolute Gasteiger partial charge is 0.246 e. The lowest BCUT2D eigenvalue weighted by atomic mass is 9.95. The van der Waals surface area contributed by atoms with Crippen LogP contribution in [0.5, 0.6) is 0 Å². The topological polar surface area (TPSA) is 86.4 Å². The van der Waals surface area contributed by atoms with Crippen molar-refractivity contribution in [3.63, 3.8) is 0 Å². The molecular weight excluding hydrogens is 328 g/mol. The largest absolute Gasteiger partial charge is 0.342 e. The van der Waals surface area contributed by atoms with E-state index in [9.17, 15) is 13.2 Å². The Kier molecular flexibility index (Phi) is 4.96. The highest BCUT2D eigenvalue weighted by Crippen LogP contribution is 2.28. The molecule has 2 saturated heterocycles. The third kappa shape index (κ3) is 3.21. The van der Waals surface area contributed by atoms with Crippen LogP contribution < -0.4 is 0 Å². The molecule has 2 aliphatic heterocycles. The molecule has 1 aromatic rings. The van der Waals surface area contributed by atoms with Crippen LogP contribution in [0.1, 0.15) is 43.5 Å². The maximum atomic E-state index is 12.8. The van der Waals surface area contributed by atoms with E-state index in [4.69, 9.17) is 0 Å². The number of likely N-dealkylation sites (tertiary alicyclic amines) is 1. The van der Waals surface area contributed by atoms with E-state index < -0.39 is 10.0 Å². The molecule has 3 heterocycles. The van der Waals surface area contributed by atoms with E-state index in [1.54, 1.807) is 13.8 Å². The number of hydrogen-bond donors (Lipinski definition) is 1. The van der Waals surface area contributed by atoms with Gasteiger partial charge in [-0.2, -0.15) is 9.40 Å². The molecule has 3 rings (SSSR count). The van der Waals surface area contributed by atoms with Crippen LogP contribution in [0.15, 0.2) is 4.90 Å². The molecule has 0 radical (unpaired) electrons. The summed E-state index contributed by atoms with van der Waals surface area (Å²) in [4.78, 5) is 14.8. The Hall–Kier alpha value is -1.41. The van der Waals surface area contributed by atoms with Crippen LogP contribution in [0, 0.1) is 19.8 Å². The van der Waals surface area contributed by atoms with Crippen LogP contribution in [0.3, 0.4) is 0 Å². The zero-order valence-electron chi connectivity index (χ0n) is 14.4. The molecule has 2 aliphatic rings. The first-order chi connectivity index (χ1) is 11.4. The zero-order valence-corrected chi connectivity index (χ0v) is 15.2. The maximum absolute atomic E-state index is 12.8. The number of H-pyrrole nitrogens is 1. The highest BCUT2D eigenvalue weighted by Gasteiger charge is 2.35. The normalized spacial score (nSPS) is 21.2. The van der Waals surface area contributed by atoms with E-state index in [0.717, 1.165) is 25.9 Å². The second-order valence-corrected chi connectivity index (χ2v) is 8.70. The second-order valence-electron chi connectivity index (χ2n) is 6.83. The Morgan fingerprint density at radius 2 is 1.71 bits per heavy atom. The lowest BCUT2D eigenvalue weighted by Gasteiger charge is -2.35. The highest BCUT2D eigenvalue weighted by molar-refractivity contribution is 7.89. The van der Waals surface area contributed by atoms with Gasteiger partial charge in [-0.25, -0.2) is 8.42 Å². The van der Waals surface area contributed by atoms with Crippen LogP contribution in [-0.2, 0) is 14.8 Å². The minimum absolute atomic E-state index is 0.0407. The van der Waals surface area contributed by atoms with Crippen LogP contribution in [0.4, 0.5) is 0 Å². The number of nitrogens with zero attached hydrogens (tertiary/aromatic N) is 3. The first-order valence-corrected chi connectivity index (χ1v) is 10.2. The molecule has 0 unspecified atom stereocenters. The minimum Gasteiger partial charge on any atom is -0.342 e. The number of rotatable bonds is 3. The standard InChI is InChI=1S/C16H26N4O3S/c1-12-15(13(2)18-17-12)24(22,23)20-10-6-14(7-11-20)16(21)19-8-4-3-5-9-19/h14H,3-11H2,1-2H3,(H,17,18). The van der Waals surface area contributed by atoms with Gasteiger partial charge in [-0.05, 0) is 46.0 Å². The molecule has 1 aromatic heterocycles. The van der Waals surface area contributed by atoms with Gasteiger partial charge in [-0.3, -0.25) is 9.89 Å². The SMILES string of the molecule is Cc1n[nH]c(C)c1S(=O)(=O)N1CCC(C(=O)N2CCCCC2)CC1. The Balaban J connectivity index is 1.65. The summed E-state index contributed by atoms with van der Waals surface area (Å²) in [6, 6.07) is 0. The summed E-state index contributed by atoms with van der Waals surface area (Å²) < 4.78 is 27.2. The fraction of sp³-hybridized carbons (Fsp3) is 0.750. The monoisotopic (exact) mass is 354 g/mol. The van der Waals surface area contributed by atoms with E-state index in [0.29, 0.717) is 37.3 Å². The summed E-state index contributed by atoms with van der Waals surface area (Å²) in [5.41, 5.74) is 1.07. The number of aryl methyl sites for hydroxylation is 2. The first-order valence-electron chi connectivity index (χ1n) is 8.72. The van der Waals surface area contributed by atoms with Crippen LogP contribution >= 0.6 is 0 Å². The molecule has 134 valence electrons. The number of amides is 1. The van der Waals surface area contributed by atoms with Crippen molar-refractivity contribution in [1.82, 2.24) is 19.4 Å². The summed E-state index contributed by atoms with van der Waals surface area (Å²) in [5, 5.41) is 6.73. The Morgan fingerprint density at radius 3 is 2.25 bits per heavy atom. The van der Waals surface area contributed by atoms with Gasteiger partial charge < -0.3 is 4.90 Å². The summed E-state index contributed by atoms with van der Waals surface area (Å²) in [6.07, 6.45) is 4.56. The molecule has 0 spiro atoms. The van der Waals surface area contributed by atoms with Gasteiger partial charge in [0.1, 0.15) is 4.90 Å². The van der Waals surface area contributed by atoms with Crippen LogP contribution in [0.2, 0.25) is 0 Å². The van der Waals surface area contributed by atoms with Gasteiger partial charge in [-0.1, -0.05) is 0 Å². The van der Waals surface area contributed by atoms with Gasteiger partial charge in [0, 0.05) is 32.1 Å². The molecule has 1 amide bonds. The van der Waals surface area contributed by atoms with E-state index in [1.165, 1.54) is 10.7 Å². The van der Waals surface area contributed by atoms with Gasteiger partial charge in [0.05, 0.1) is 11.4 Å². The van der Waals surface area contributed by atoms with Crippen molar-refractivity contribution in [2.24, 2.45) is 5.92 Å². The lowest BCUT2D eigenvalue weighted by Crippen LogP contribution is -2.45. The summed E-state index contributed by atoms with van der Waals surface area (Å²) in [6.45, 7) is 5.92. The van der Waals surface area contributed by atoms with Crippen LogP contribution in [-0.4, -0.2) is 59.9 Å². The quantitative estimate of drug-likeness (QED) is 0.890. The number of aromatic amines is 1. The average molecular weight is 354 g/mol. The van der Waals surface area contributed by atoms with Crippen LogP contribution in [0.25, 0.3) is 0 Å². The third-order valence-electron chi connectivity index (χ3n) is 5.13. The zero-order chi connectivity index (χ0) is 17.3. The predicted octanol–water partition coefficient (Wildman–Crippen LogP) is 1.44. The van der Waals surface area contributed by atoms with Crippen molar-refractivity contribution in [2.45, 2.75) is 50.8 Å². The maximum Gasteiger partial charge on any atom is 0.246 e. The number of carbonyl (C=O) groups excluding carboxylic acids is 1. The first kappa shape index (κ1) is 17.4. The van der Waals surface area contributed by atoms with E-state index in [1.807, 2.05) is 4.90 Å². The molecule has 24 heavy (non-hydrogen) atoms. The van der Waals surface area contributed by atoms with Crippen molar-refractivity contribution in [1.29, 1.82) is 0 Å². The fourth-order valence-corrected chi connectivity index (χ4v) is 5.57. The van der Waals surface area contributed by atoms with Gasteiger partial charge in [-0.15, -0.1) is 0 Å². The molecule has 0 atom stereocenters. The van der Waals surface area contributed by atoms with E-state index in [2.05, 4.69) is 10.2 Å². The molecule has 0 bridgehead atoms. The molecule has 0 aromatic carbocycles. The number of sulfonamides is 1. The highest BCUT2D eigenvalue weighted by atomic mass is 32.2. The van der Waals surface area contributed by atoms with Gasteiger partial charge >= 0.3 is 0 Å². The Labute approximate surface area is 143 Å². The lowest BCUT2D eigenvalue weighted by molar-refractivity contribution is -0.137. The molecule has 0 saturated carbocycles. The molecule has 1 N–H and O–H groups in total. The molecule has 0 aliphatic carbocycles. The van der Waals surface area contributed by atoms with Crippen molar-refractivity contribution in [3.8, 4) is 0 Å². The van der Waals surface area contributed by atoms with Gasteiger partial charge in [0.2, 0.25) is 15.9 Å². The summed E-state index contributed by atoms with van der Waals surface area (Å²) >= 11 is 0. The van der Waals surface area contributed by atoms with Gasteiger partial charge in [0.15, 0.2) is 0 Å². The van der Waals surface area contributed by atoms with E-state index in [-0.39, 0.29) is 16.7 Å².